The number of carbonyl (C=O) groups is 1. The van der Waals surface area contributed by atoms with Crippen molar-refractivity contribution in [3.05, 3.63) is 60.4 Å². The molecule has 0 saturated carbocycles. The summed E-state index contributed by atoms with van der Waals surface area (Å²) < 4.78 is 7.93. The first-order chi connectivity index (χ1) is 11.6. The molecule has 128 valence electrons. The van der Waals surface area contributed by atoms with Gasteiger partial charge >= 0.3 is 0 Å². The minimum Gasteiger partial charge on any atom is -0.370 e. The van der Waals surface area contributed by atoms with E-state index in [9.17, 15) is 4.79 Å². The molecule has 1 aliphatic rings. The van der Waals surface area contributed by atoms with Crippen LogP contribution in [0.1, 0.15) is 38.0 Å². The lowest BCUT2D eigenvalue weighted by atomic mass is 10.0. The second kappa shape index (κ2) is 7.67. The normalized spacial score (nSPS) is 19.5. The molecule has 0 aliphatic carbocycles. The third kappa shape index (κ3) is 3.88. The number of nitrogens with zero attached hydrogens (tertiary/aromatic N) is 2. The number of amides is 1. The molecule has 2 heterocycles. The quantitative estimate of drug-likeness (QED) is 0.840. The summed E-state index contributed by atoms with van der Waals surface area (Å²) in [7, 11) is 0. The Morgan fingerprint density at radius 3 is 2.54 bits per heavy atom. The van der Waals surface area contributed by atoms with E-state index in [1.165, 1.54) is 0 Å². The van der Waals surface area contributed by atoms with Gasteiger partial charge in [-0.3, -0.25) is 4.79 Å². The largest absolute Gasteiger partial charge is 0.370 e. The van der Waals surface area contributed by atoms with Crippen LogP contribution < -0.4 is 0 Å². The van der Waals surface area contributed by atoms with Crippen molar-refractivity contribution in [2.45, 2.75) is 32.4 Å². The second-order valence-corrected chi connectivity index (χ2v) is 6.83. The van der Waals surface area contributed by atoms with Crippen molar-refractivity contribution in [2.24, 2.45) is 5.92 Å². The van der Waals surface area contributed by atoms with Crippen molar-refractivity contribution >= 4 is 5.91 Å². The van der Waals surface area contributed by atoms with Crippen molar-refractivity contribution < 1.29 is 9.53 Å². The number of ether oxygens (including phenoxy) is 1. The van der Waals surface area contributed by atoms with Gasteiger partial charge < -0.3 is 14.2 Å². The number of benzene rings is 1. The monoisotopic (exact) mass is 326 g/mol. The molecule has 1 aromatic carbocycles. The molecule has 2 unspecified atom stereocenters. The molecule has 1 aliphatic heterocycles. The molecule has 0 bridgehead atoms. The summed E-state index contributed by atoms with van der Waals surface area (Å²) in [6, 6.07) is 14.0. The lowest BCUT2D eigenvalue weighted by Crippen LogP contribution is -2.45. The fraction of sp³-hybridized carbons (Fsp3) is 0.450. The zero-order chi connectivity index (χ0) is 16.9. The molecule has 2 atom stereocenters. The number of aromatic nitrogens is 1. The van der Waals surface area contributed by atoms with Gasteiger partial charge in [-0.1, -0.05) is 44.2 Å². The Kier molecular flexibility index (Phi) is 5.36. The van der Waals surface area contributed by atoms with Gasteiger partial charge in [0.05, 0.1) is 13.2 Å². The van der Waals surface area contributed by atoms with Gasteiger partial charge in [0.1, 0.15) is 12.1 Å². The highest BCUT2D eigenvalue weighted by atomic mass is 16.5. The van der Waals surface area contributed by atoms with Gasteiger partial charge in [-0.2, -0.15) is 0 Å². The van der Waals surface area contributed by atoms with Crippen molar-refractivity contribution in [3.8, 4) is 0 Å². The lowest BCUT2D eigenvalue weighted by Gasteiger charge is -2.36. The van der Waals surface area contributed by atoms with Crippen LogP contribution in [-0.4, -0.2) is 35.1 Å². The van der Waals surface area contributed by atoms with Crippen molar-refractivity contribution in [2.75, 3.05) is 19.7 Å². The van der Waals surface area contributed by atoms with E-state index in [2.05, 4.69) is 26.0 Å². The summed E-state index contributed by atoms with van der Waals surface area (Å²) in [4.78, 5) is 15.1. The lowest BCUT2D eigenvalue weighted by molar-refractivity contribution is -0.143. The van der Waals surface area contributed by atoms with E-state index < -0.39 is 0 Å². The molecular weight excluding hydrogens is 300 g/mol. The highest BCUT2D eigenvalue weighted by Crippen LogP contribution is 2.26. The van der Waals surface area contributed by atoms with Crippen LogP contribution in [0.25, 0.3) is 0 Å². The fourth-order valence-electron chi connectivity index (χ4n) is 3.28. The first kappa shape index (κ1) is 16.8. The van der Waals surface area contributed by atoms with E-state index in [1.807, 2.05) is 52.2 Å². The van der Waals surface area contributed by atoms with Gasteiger partial charge in [0.2, 0.25) is 5.91 Å². The Hall–Kier alpha value is -2.07. The maximum absolute atomic E-state index is 13.2. The van der Waals surface area contributed by atoms with E-state index >= 15 is 0 Å². The Bertz CT molecular complexity index is 637. The molecule has 0 spiro atoms. The summed E-state index contributed by atoms with van der Waals surface area (Å²) >= 11 is 0. The number of hydrogen-bond acceptors (Lipinski definition) is 2. The Morgan fingerprint density at radius 1 is 1.17 bits per heavy atom. The van der Waals surface area contributed by atoms with Crippen LogP contribution in [0.2, 0.25) is 0 Å². The standard InChI is InChI=1S/C20H26N2O2/c1-16(2)14-18(21-10-6-7-11-21)20(23)22-12-13-24-19(15-22)17-8-4-3-5-9-17/h3-11,16,18-19H,12-15H2,1-2H3. The fourth-order valence-corrected chi connectivity index (χ4v) is 3.28. The summed E-state index contributed by atoms with van der Waals surface area (Å²) in [5.74, 6) is 0.663. The van der Waals surface area contributed by atoms with Gasteiger partial charge in [0.25, 0.3) is 0 Å². The molecule has 1 amide bonds. The number of carbonyl (C=O) groups excluding carboxylic acids is 1. The number of rotatable bonds is 5. The second-order valence-electron chi connectivity index (χ2n) is 6.83. The zero-order valence-electron chi connectivity index (χ0n) is 14.5. The zero-order valence-corrected chi connectivity index (χ0v) is 14.5. The molecule has 1 fully saturated rings. The molecule has 4 heteroatoms. The number of morpholine rings is 1. The summed E-state index contributed by atoms with van der Waals surface area (Å²) in [5.41, 5.74) is 1.14. The Balaban J connectivity index is 1.74. The van der Waals surface area contributed by atoms with Crippen LogP contribution in [0.4, 0.5) is 0 Å². The van der Waals surface area contributed by atoms with E-state index in [0.717, 1.165) is 12.0 Å². The summed E-state index contributed by atoms with van der Waals surface area (Å²) in [6.45, 7) is 6.20. The van der Waals surface area contributed by atoms with Crippen LogP contribution in [0, 0.1) is 5.92 Å². The molecule has 24 heavy (non-hydrogen) atoms. The van der Waals surface area contributed by atoms with Crippen LogP contribution in [0.15, 0.2) is 54.9 Å². The minimum atomic E-state index is -0.130. The first-order valence-corrected chi connectivity index (χ1v) is 8.73. The highest BCUT2D eigenvalue weighted by Gasteiger charge is 2.31. The first-order valence-electron chi connectivity index (χ1n) is 8.73. The molecule has 2 aromatic rings. The topological polar surface area (TPSA) is 34.5 Å². The third-order valence-corrected chi connectivity index (χ3v) is 4.52. The molecule has 1 aromatic heterocycles. The molecular formula is C20H26N2O2. The van der Waals surface area contributed by atoms with Gasteiger partial charge in [0, 0.05) is 18.9 Å². The van der Waals surface area contributed by atoms with Gasteiger partial charge in [-0.05, 0) is 30.0 Å². The predicted octanol–water partition coefficient (Wildman–Crippen LogP) is 3.68. The number of hydrogen-bond donors (Lipinski definition) is 0. The van der Waals surface area contributed by atoms with E-state index in [4.69, 9.17) is 4.74 Å². The predicted molar refractivity (Wildman–Crippen MR) is 94.6 cm³/mol. The van der Waals surface area contributed by atoms with Crippen LogP contribution in [0.5, 0.6) is 0 Å². The maximum Gasteiger partial charge on any atom is 0.245 e. The van der Waals surface area contributed by atoms with Crippen molar-refractivity contribution in [3.63, 3.8) is 0 Å². The van der Waals surface area contributed by atoms with Gasteiger partial charge in [-0.25, -0.2) is 0 Å². The Morgan fingerprint density at radius 2 is 1.88 bits per heavy atom. The summed E-state index contributed by atoms with van der Waals surface area (Å²) in [6.07, 6.45) is 4.79. The molecule has 0 N–H and O–H groups in total. The molecule has 3 rings (SSSR count). The minimum absolute atomic E-state index is 0.0340. The Labute approximate surface area is 144 Å². The maximum atomic E-state index is 13.2. The van der Waals surface area contributed by atoms with Crippen LogP contribution in [-0.2, 0) is 9.53 Å². The summed E-state index contributed by atoms with van der Waals surface area (Å²) in [5, 5.41) is 0. The molecule has 1 saturated heterocycles. The van der Waals surface area contributed by atoms with E-state index in [-0.39, 0.29) is 18.1 Å². The van der Waals surface area contributed by atoms with Gasteiger partial charge in [-0.15, -0.1) is 0 Å². The molecule has 0 radical (unpaired) electrons. The highest BCUT2D eigenvalue weighted by molar-refractivity contribution is 5.80. The van der Waals surface area contributed by atoms with Crippen LogP contribution in [0.3, 0.4) is 0 Å². The average molecular weight is 326 g/mol. The van der Waals surface area contributed by atoms with E-state index in [1.54, 1.807) is 0 Å². The third-order valence-electron chi connectivity index (χ3n) is 4.52. The smallest absolute Gasteiger partial charge is 0.245 e. The van der Waals surface area contributed by atoms with E-state index in [0.29, 0.717) is 25.6 Å². The van der Waals surface area contributed by atoms with Gasteiger partial charge in [0.15, 0.2) is 0 Å². The SMILES string of the molecule is CC(C)CC(C(=O)N1CCOC(c2ccccc2)C1)n1cccc1. The molecule has 4 nitrogen and oxygen atoms in total. The van der Waals surface area contributed by atoms with Crippen molar-refractivity contribution in [1.29, 1.82) is 0 Å². The average Bonchev–Trinajstić information content (AvgIpc) is 3.14. The van der Waals surface area contributed by atoms with Crippen molar-refractivity contribution in [1.82, 2.24) is 9.47 Å². The van der Waals surface area contributed by atoms with Crippen LogP contribution >= 0.6 is 0 Å².